The predicted molar refractivity (Wildman–Crippen MR) is 76.0 cm³/mol. The van der Waals surface area contributed by atoms with E-state index in [9.17, 15) is 8.42 Å². The van der Waals surface area contributed by atoms with Crippen molar-refractivity contribution in [1.29, 1.82) is 0 Å². The Morgan fingerprint density at radius 1 is 1.25 bits per heavy atom. The number of benzene rings is 1. The predicted octanol–water partition coefficient (Wildman–Crippen LogP) is 1.07. The van der Waals surface area contributed by atoms with Crippen LogP contribution < -0.4 is 4.72 Å². The van der Waals surface area contributed by atoms with Gasteiger partial charge in [-0.3, -0.25) is 0 Å². The Kier molecular flexibility index (Phi) is 5.54. The highest BCUT2D eigenvalue weighted by Gasteiger charge is 2.19. The zero-order valence-electron chi connectivity index (χ0n) is 11.4. The number of hydrogen-bond donors (Lipinski definition) is 2. The summed E-state index contributed by atoms with van der Waals surface area (Å²) in [7, 11) is -3.48. The molecule has 1 atom stereocenters. The van der Waals surface area contributed by atoms with E-state index in [1.807, 2.05) is 0 Å². The van der Waals surface area contributed by atoms with Crippen LogP contribution >= 0.6 is 0 Å². The summed E-state index contributed by atoms with van der Waals surface area (Å²) >= 11 is 0. The lowest BCUT2D eigenvalue weighted by Gasteiger charge is -2.22. The molecule has 1 aromatic carbocycles. The van der Waals surface area contributed by atoms with Gasteiger partial charge in [0.15, 0.2) is 0 Å². The highest BCUT2D eigenvalue weighted by atomic mass is 32.2. The first-order valence-corrected chi connectivity index (χ1v) is 8.41. The van der Waals surface area contributed by atoms with E-state index in [-0.39, 0.29) is 17.6 Å². The molecule has 0 radical (unpaired) electrons. The van der Waals surface area contributed by atoms with Gasteiger partial charge in [0.25, 0.3) is 0 Å². The van der Waals surface area contributed by atoms with E-state index < -0.39 is 10.0 Å². The summed E-state index contributed by atoms with van der Waals surface area (Å²) in [5, 5.41) is 8.83. The lowest BCUT2D eigenvalue weighted by molar-refractivity contribution is 0.0200. The number of rotatable bonds is 6. The number of aliphatic hydroxyl groups is 1. The molecule has 1 aliphatic rings. The topological polar surface area (TPSA) is 75.6 Å². The van der Waals surface area contributed by atoms with Crippen LogP contribution in [0.3, 0.4) is 0 Å². The van der Waals surface area contributed by atoms with Crippen LogP contribution in [0.1, 0.15) is 24.8 Å². The summed E-state index contributed by atoms with van der Waals surface area (Å²) < 4.78 is 32.4. The molecule has 112 valence electrons. The first kappa shape index (κ1) is 15.4. The second-order valence-corrected chi connectivity index (χ2v) is 6.72. The van der Waals surface area contributed by atoms with Crippen molar-refractivity contribution in [2.45, 2.75) is 36.7 Å². The fourth-order valence-electron chi connectivity index (χ4n) is 2.22. The van der Waals surface area contributed by atoms with Gasteiger partial charge in [-0.1, -0.05) is 12.1 Å². The van der Waals surface area contributed by atoms with E-state index in [0.29, 0.717) is 19.6 Å². The van der Waals surface area contributed by atoms with Crippen molar-refractivity contribution in [3.63, 3.8) is 0 Å². The summed E-state index contributed by atoms with van der Waals surface area (Å²) in [4.78, 5) is 0.245. The molecule has 0 spiro atoms. The quantitative estimate of drug-likeness (QED) is 0.824. The van der Waals surface area contributed by atoms with Crippen molar-refractivity contribution >= 4 is 10.0 Å². The molecule has 0 aliphatic carbocycles. The van der Waals surface area contributed by atoms with E-state index >= 15 is 0 Å². The largest absolute Gasteiger partial charge is 0.396 e. The Morgan fingerprint density at radius 2 is 2.00 bits per heavy atom. The number of aliphatic hydroxyl groups excluding tert-OH is 1. The molecule has 1 unspecified atom stereocenters. The zero-order chi connectivity index (χ0) is 14.4. The van der Waals surface area contributed by atoms with Crippen LogP contribution in [0.2, 0.25) is 0 Å². The van der Waals surface area contributed by atoms with Crippen LogP contribution in [-0.2, 0) is 21.2 Å². The first-order chi connectivity index (χ1) is 9.62. The van der Waals surface area contributed by atoms with Gasteiger partial charge in [0, 0.05) is 19.8 Å². The van der Waals surface area contributed by atoms with Crippen LogP contribution in [0.4, 0.5) is 0 Å². The van der Waals surface area contributed by atoms with Gasteiger partial charge in [0.1, 0.15) is 0 Å². The molecule has 0 amide bonds. The summed E-state index contributed by atoms with van der Waals surface area (Å²) in [5.74, 6) is 0. The van der Waals surface area contributed by atoms with Crippen LogP contribution in [0.25, 0.3) is 0 Å². The van der Waals surface area contributed by atoms with Crippen molar-refractivity contribution in [2.75, 3.05) is 19.8 Å². The molecule has 6 heteroatoms. The van der Waals surface area contributed by atoms with Crippen LogP contribution in [0, 0.1) is 0 Å². The summed E-state index contributed by atoms with van der Waals surface area (Å²) in [6.07, 6.45) is 3.55. The Hall–Kier alpha value is -0.950. The van der Waals surface area contributed by atoms with Crippen LogP contribution in [0.15, 0.2) is 29.2 Å². The molecule has 1 heterocycles. The normalized spacial score (nSPS) is 19.9. The Bertz CT molecular complexity index is 506. The lowest BCUT2D eigenvalue weighted by atomic mass is 10.1. The molecule has 20 heavy (non-hydrogen) atoms. The van der Waals surface area contributed by atoms with Gasteiger partial charge in [-0.05, 0) is 43.4 Å². The number of sulfonamides is 1. The third-order valence-electron chi connectivity index (χ3n) is 3.41. The van der Waals surface area contributed by atoms with Crippen molar-refractivity contribution in [3.05, 3.63) is 29.8 Å². The minimum atomic E-state index is -3.48. The molecule has 1 aliphatic heterocycles. The van der Waals surface area contributed by atoms with E-state index in [1.165, 1.54) is 0 Å². The number of ether oxygens (including phenoxy) is 1. The molecule has 0 bridgehead atoms. The van der Waals surface area contributed by atoms with Gasteiger partial charge in [0.05, 0.1) is 11.0 Å². The zero-order valence-corrected chi connectivity index (χ0v) is 12.2. The van der Waals surface area contributed by atoms with Crippen molar-refractivity contribution in [1.82, 2.24) is 4.72 Å². The van der Waals surface area contributed by atoms with Gasteiger partial charge in [-0.25, -0.2) is 13.1 Å². The Morgan fingerprint density at radius 3 is 2.60 bits per heavy atom. The van der Waals surface area contributed by atoms with Crippen LogP contribution in [-0.4, -0.2) is 39.4 Å². The smallest absolute Gasteiger partial charge is 0.240 e. The molecular formula is C14H21NO4S. The third-order valence-corrected chi connectivity index (χ3v) is 4.85. The van der Waals surface area contributed by atoms with Crippen LogP contribution in [0.5, 0.6) is 0 Å². The molecule has 1 aromatic rings. The fourth-order valence-corrected chi connectivity index (χ4v) is 3.29. The molecular weight excluding hydrogens is 278 g/mol. The van der Waals surface area contributed by atoms with Gasteiger partial charge < -0.3 is 9.84 Å². The van der Waals surface area contributed by atoms with Gasteiger partial charge in [-0.15, -0.1) is 0 Å². The maximum Gasteiger partial charge on any atom is 0.240 e. The number of hydrogen-bond acceptors (Lipinski definition) is 4. The monoisotopic (exact) mass is 299 g/mol. The van der Waals surface area contributed by atoms with Gasteiger partial charge >= 0.3 is 0 Å². The first-order valence-electron chi connectivity index (χ1n) is 6.93. The van der Waals surface area contributed by atoms with Crippen molar-refractivity contribution in [2.24, 2.45) is 0 Å². The van der Waals surface area contributed by atoms with Crippen molar-refractivity contribution in [3.8, 4) is 0 Å². The molecule has 2 rings (SSSR count). The van der Waals surface area contributed by atoms with Gasteiger partial charge in [-0.2, -0.15) is 0 Å². The summed E-state index contributed by atoms with van der Waals surface area (Å²) in [6.45, 7) is 1.09. The maximum atomic E-state index is 12.1. The Balaban J connectivity index is 1.94. The Labute approximate surface area is 120 Å². The maximum absolute atomic E-state index is 12.1. The fraction of sp³-hybridized carbons (Fsp3) is 0.571. The molecule has 0 saturated carbocycles. The molecule has 1 fully saturated rings. The average Bonchev–Trinajstić information content (AvgIpc) is 2.47. The average molecular weight is 299 g/mol. The highest BCUT2D eigenvalue weighted by Crippen LogP contribution is 2.14. The molecule has 5 nitrogen and oxygen atoms in total. The van der Waals surface area contributed by atoms with Crippen molar-refractivity contribution < 1.29 is 18.3 Å². The SMILES string of the molecule is O=S(=O)(NCC1CCCCO1)c1ccc(CCO)cc1. The molecule has 0 aromatic heterocycles. The number of nitrogens with one attached hydrogen (secondary N) is 1. The second kappa shape index (κ2) is 7.17. The minimum Gasteiger partial charge on any atom is -0.396 e. The summed E-state index contributed by atoms with van der Waals surface area (Å²) in [5.41, 5.74) is 0.919. The van der Waals surface area contributed by atoms with E-state index in [4.69, 9.17) is 9.84 Å². The van der Waals surface area contributed by atoms with E-state index in [0.717, 1.165) is 24.8 Å². The highest BCUT2D eigenvalue weighted by molar-refractivity contribution is 7.89. The van der Waals surface area contributed by atoms with E-state index in [1.54, 1.807) is 24.3 Å². The second-order valence-electron chi connectivity index (χ2n) is 4.96. The minimum absolute atomic E-state index is 0.0211. The molecule has 2 N–H and O–H groups in total. The van der Waals surface area contributed by atoms with E-state index in [2.05, 4.69) is 4.72 Å². The standard InChI is InChI=1S/C14H21NO4S/c16-9-8-12-4-6-14(7-5-12)20(17,18)15-11-13-3-1-2-10-19-13/h4-7,13,15-16H,1-3,8-11H2. The lowest BCUT2D eigenvalue weighted by Crippen LogP contribution is -2.35. The third kappa shape index (κ3) is 4.28. The van der Waals surface area contributed by atoms with Gasteiger partial charge in [0.2, 0.25) is 10.0 Å². The molecule has 1 saturated heterocycles. The summed E-state index contributed by atoms with van der Waals surface area (Å²) in [6, 6.07) is 6.58.